The Morgan fingerprint density at radius 2 is 2.00 bits per heavy atom. The Balaban J connectivity index is 1.55. The zero-order chi connectivity index (χ0) is 20.9. The molecule has 7 heteroatoms. The number of hydrogen-bond acceptors (Lipinski definition) is 5. The molecule has 1 aliphatic rings. The van der Waals surface area contributed by atoms with E-state index in [4.69, 9.17) is 14.2 Å². The molecule has 6 nitrogen and oxygen atoms in total. The summed E-state index contributed by atoms with van der Waals surface area (Å²) >= 11 is 0. The molecule has 0 bridgehead atoms. The second-order valence-corrected chi connectivity index (χ2v) is 8.07. The molecular weight excluding hydrogens is 375 g/mol. The molecule has 2 aromatic rings. The van der Waals surface area contributed by atoms with Crippen molar-refractivity contribution in [3.8, 4) is 17.0 Å². The molecule has 156 valence electrons. The van der Waals surface area contributed by atoms with E-state index in [1.54, 1.807) is 6.07 Å². The zero-order valence-electron chi connectivity index (χ0n) is 17.0. The van der Waals surface area contributed by atoms with Gasteiger partial charge in [0, 0.05) is 17.7 Å². The minimum absolute atomic E-state index is 0.279. The fourth-order valence-electron chi connectivity index (χ4n) is 3.02. The van der Waals surface area contributed by atoms with Gasteiger partial charge in [-0.3, -0.25) is 4.98 Å². The molecule has 1 aliphatic heterocycles. The highest BCUT2D eigenvalue weighted by Gasteiger charge is 2.31. The highest BCUT2D eigenvalue weighted by atomic mass is 19.1. The van der Waals surface area contributed by atoms with E-state index in [0.717, 1.165) is 18.4 Å². The molecule has 0 unspecified atom stereocenters. The molecular formula is C22H27FN2O4. The molecule has 29 heavy (non-hydrogen) atoms. The number of benzene rings is 1. The predicted octanol–water partition coefficient (Wildman–Crippen LogP) is 4.34. The largest absolute Gasteiger partial charge is 0.491 e. The third kappa shape index (κ3) is 6.42. The molecule has 2 atom stereocenters. The van der Waals surface area contributed by atoms with Crippen LogP contribution >= 0.6 is 0 Å². The van der Waals surface area contributed by atoms with Gasteiger partial charge in [0.15, 0.2) is 0 Å². The summed E-state index contributed by atoms with van der Waals surface area (Å²) in [7, 11) is 0. The van der Waals surface area contributed by atoms with Gasteiger partial charge < -0.3 is 19.5 Å². The highest BCUT2D eigenvalue weighted by molar-refractivity contribution is 5.68. The van der Waals surface area contributed by atoms with Gasteiger partial charge in [-0.2, -0.15) is 0 Å². The van der Waals surface area contributed by atoms with Crippen LogP contribution in [0.5, 0.6) is 5.75 Å². The van der Waals surface area contributed by atoms with Crippen LogP contribution in [-0.2, 0) is 9.47 Å². The van der Waals surface area contributed by atoms with E-state index >= 15 is 0 Å². The first-order chi connectivity index (χ1) is 13.8. The van der Waals surface area contributed by atoms with Crippen LogP contribution in [-0.4, -0.2) is 42.0 Å². The van der Waals surface area contributed by atoms with E-state index in [-0.39, 0.29) is 30.2 Å². The second-order valence-electron chi connectivity index (χ2n) is 8.07. The molecule has 0 spiro atoms. The number of amides is 1. The molecule has 1 aromatic carbocycles. The summed E-state index contributed by atoms with van der Waals surface area (Å²) in [5.41, 5.74) is 1.19. The van der Waals surface area contributed by atoms with Gasteiger partial charge in [-0.25, -0.2) is 9.18 Å². The molecule has 1 saturated heterocycles. The number of nitrogens with one attached hydrogen (secondary N) is 1. The molecule has 0 aliphatic carbocycles. The van der Waals surface area contributed by atoms with Crippen molar-refractivity contribution in [3.05, 3.63) is 48.4 Å². The Bertz CT molecular complexity index is 803. The van der Waals surface area contributed by atoms with Crippen LogP contribution in [0.15, 0.2) is 42.6 Å². The summed E-state index contributed by atoms with van der Waals surface area (Å²) in [4.78, 5) is 16.2. The number of ether oxygens (including phenoxy) is 3. The van der Waals surface area contributed by atoms with Crippen molar-refractivity contribution in [1.29, 1.82) is 0 Å². The number of nitrogens with zero attached hydrogens (tertiary/aromatic N) is 1. The first-order valence-electron chi connectivity index (χ1n) is 9.75. The van der Waals surface area contributed by atoms with Crippen LogP contribution < -0.4 is 10.1 Å². The third-order valence-electron chi connectivity index (χ3n) is 4.41. The average molecular weight is 402 g/mol. The zero-order valence-corrected chi connectivity index (χ0v) is 17.0. The maximum atomic E-state index is 13.0. The van der Waals surface area contributed by atoms with Gasteiger partial charge in [-0.05, 0) is 70.0 Å². The Labute approximate surface area is 170 Å². The minimum atomic E-state index is -0.450. The van der Waals surface area contributed by atoms with Gasteiger partial charge in [0.2, 0.25) is 0 Å². The lowest BCUT2D eigenvalue weighted by molar-refractivity contribution is -0.0940. The fraction of sp³-hybridized carbons (Fsp3) is 0.455. The van der Waals surface area contributed by atoms with Crippen molar-refractivity contribution in [2.24, 2.45) is 0 Å². The van der Waals surface area contributed by atoms with Gasteiger partial charge in [0.05, 0.1) is 11.9 Å². The van der Waals surface area contributed by atoms with E-state index in [2.05, 4.69) is 10.3 Å². The maximum Gasteiger partial charge on any atom is 0.407 e. The molecule has 0 saturated carbocycles. The Morgan fingerprint density at radius 1 is 1.24 bits per heavy atom. The van der Waals surface area contributed by atoms with Crippen molar-refractivity contribution in [1.82, 2.24) is 10.3 Å². The summed E-state index contributed by atoms with van der Waals surface area (Å²) in [6.07, 6.45) is 1.64. The fourth-order valence-corrected chi connectivity index (χ4v) is 3.02. The number of alkyl carbamates (subject to hydrolysis) is 1. The summed E-state index contributed by atoms with van der Waals surface area (Å²) < 4.78 is 30.2. The number of carbonyl (C=O) groups excluding carboxylic acids is 1. The summed E-state index contributed by atoms with van der Waals surface area (Å²) in [5, 5.41) is 2.80. The summed E-state index contributed by atoms with van der Waals surface area (Å²) in [6.45, 7) is 6.59. The highest BCUT2D eigenvalue weighted by Crippen LogP contribution is 2.23. The Kier molecular flexibility index (Phi) is 6.69. The Morgan fingerprint density at radius 3 is 2.66 bits per heavy atom. The molecule has 1 amide bonds. The number of halogens is 1. The summed E-state index contributed by atoms with van der Waals surface area (Å²) in [6, 6.07) is 10.4. The van der Waals surface area contributed by atoms with E-state index in [1.165, 1.54) is 12.3 Å². The number of aromatic nitrogens is 1. The number of hydrogen-bond donors (Lipinski definition) is 1. The lowest BCUT2D eigenvalue weighted by atomic mass is 10.1. The smallest absolute Gasteiger partial charge is 0.407 e. The van der Waals surface area contributed by atoms with Crippen LogP contribution in [0, 0.1) is 5.82 Å². The van der Waals surface area contributed by atoms with Crippen LogP contribution in [0.3, 0.4) is 0 Å². The van der Waals surface area contributed by atoms with Crippen molar-refractivity contribution < 1.29 is 23.4 Å². The van der Waals surface area contributed by atoms with E-state index in [9.17, 15) is 9.18 Å². The lowest BCUT2D eigenvalue weighted by Gasteiger charge is -2.32. The van der Waals surface area contributed by atoms with Crippen LogP contribution in [0.1, 0.15) is 33.6 Å². The van der Waals surface area contributed by atoms with Crippen molar-refractivity contribution in [2.75, 3.05) is 13.2 Å². The molecule has 2 heterocycles. The molecule has 1 N–H and O–H groups in total. The maximum absolute atomic E-state index is 13.0. The first kappa shape index (κ1) is 21.0. The van der Waals surface area contributed by atoms with Gasteiger partial charge in [-0.15, -0.1) is 0 Å². The summed E-state index contributed by atoms with van der Waals surface area (Å²) in [5.74, 6) is 0.303. The predicted molar refractivity (Wildman–Crippen MR) is 107 cm³/mol. The number of pyridine rings is 1. The average Bonchev–Trinajstić information content (AvgIpc) is 2.67. The lowest BCUT2D eigenvalue weighted by Crippen LogP contribution is -2.47. The normalized spacial score (nSPS) is 19.4. The standard InChI is InChI=1S/C22H27FN2O4/c1-22(2,3)25-21(26)29-19-5-4-12-27-20(19)14-28-17-9-6-15(7-10-17)18-11-8-16(23)13-24-18/h6-11,13,19-20H,4-5,12,14H2,1-3H3,(H,25,26)/t19-,20-/m0/s1. The molecule has 1 aromatic heterocycles. The van der Waals surface area contributed by atoms with Gasteiger partial charge in [0.1, 0.15) is 30.4 Å². The van der Waals surface area contributed by atoms with Crippen molar-refractivity contribution >= 4 is 6.09 Å². The topological polar surface area (TPSA) is 69.7 Å². The number of carbonyl (C=O) groups is 1. The quantitative estimate of drug-likeness (QED) is 0.806. The van der Waals surface area contributed by atoms with Gasteiger partial charge in [-0.1, -0.05) is 0 Å². The molecule has 0 radical (unpaired) electrons. The van der Waals surface area contributed by atoms with Gasteiger partial charge in [0.25, 0.3) is 0 Å². The second kappa shape index (κ2) is 9.22. The van der Waals surface area contributed by atoms with Crippen LogP contribution in [0.25, 0.3) is 11.3 Å². The first-order valence-corrected chi connectivity index (χ1v) is 9.75. The van der Waals surface area contributed by atoms with E-state index < -0.39 is 6.09 Å². The molecule has 1 fully saturated rings. The molecule has 3 rings (SSSR count). The van der Waals surface area contributed by atoms with Crippen molar-refractivity contribution in [3.63, 3.8) is 0 Å². The third-order valence-corrected chi connectivity index (χ3v) is 4.41. The van der Waals surface area contributed by atoms with E-state index in [0.29, 0.717) is 18.1 Å². The van der Waals surface area contributed by atoms with Crippen LogP contribution in [0.4, 0.5) is 9.18 Å². The van der Waals surface area contributed by atoms with Crippen molar-refractivity contribution in [2.45, 2.75) is 51.4 Å². The Hall–Kier alpha value is -2.67. The minimum Gasteiger partial charge on any atom is -0.491 e. The van der Waals surface area contributed by atoms with E-state index in [1.807, 2.05) is 45.0 Å². The monoisotopic (exact) mass is 402 g/mol. The number of rotatable bonds is 5. The van der Waals surface area contributed by atoms with Crippen LogP contribution in [0.2, 0.25) is 0 Å². The SMILES string of the molecule is CC(C)(C)NC(=O)O[C@H]1CCCO[C@H]1COc1ccc(-c2ccc(F)cn2)cc1. The van der Waals surface area contributed by atoms with Gasteiger partial charge >= 0.3 is 6.09 Å².